The van der Waals surface area contributed by atoms with Gasteiger partial charge in [0.05, 0.1) is 23.0 Å². The summed E-state index contributed by atoms with van der Waals surface area (Å²) in [4.78, 5) is 25.1. The molecule has 0 unspecified atom stereocenters. The number of aromatic nitrogens is 4. The second-order valence-electron chi connectivity index (χ2n) is 7.65. The Bertz CT molecular complexity index is 1070. The molecular weight excluding hydrogens is 421 g/mol. The molecule has 7 nitrogen and oxygen atoms in total. The van der Waals surface area contributed by atoms with Gasteiger partial charge in [-0.1, -0.05) is 6.07 Å². The van der Waals surface area contributed by atoms with E-state index in [1.54, 1.807) is 35.4 Å². The second-order valence-corrected chi connectivity index (χ2v) is 7.65. The summed E-state index contributed by atoms with van der Waals surface area (Å²) in [7, 11) is 0. The van der Waals surface area contributed by atoms with Crippen LogP contribution >= 0.6 is 0 Å². The van der Waals surface area contributed by atoms with Crippen LogP contribution in [0.1, 0.15) is 28.0 Å². The van der Waals surface area contributed by atoms with Gasteiger partial charge in [-0.15, -0.1) is 0 Å². The molecule has 4 rings (SSSR count). The number of alkyl halides is 3. The molecule has 0 bridgehead atoms. The van der Waals surface area contributed by atoms with Crippen molar-refractivity contribution in [3.63, 3.8) is 0 Å². The largest absolute Gasteiger partial charge is 0.416 e. The lowest BCUT2D eigenvalue weighted by Gasteiger charge is -2.36. The van der Waals surface area contributed by atoms with Gasteiger partial charge in [-0.25, -0.2) is 14.6 Å². The van der Waals surface area contributed by atoms with E-state index in [-0.39, 0.29) is 5.78 Å². The fourth-order valence-corrected chi connectivity index (χ4v) is 3.79. The maximum Gasteiger partial charge on any atom is 0.416 e. The molecule has 0 amide bonds. The third-order valence-electron chi connectivity index (χ3n) is 5.62. The molecule has 2 aromatic heterocycles. The minimum absolute atomic E-state index is 0.00927. The van der Waals surface area contributed by atoms with Crippen molar-refractivity contribution in [2.24, 2.45) is 0 Å². The molecule has 0 spiro atoms. The van der Waals surface area contributed by atoms with Gasteiger partial charge in [-0.3, -0.25) is 9.69 Å². The molecule has 1 fully saturated rings. The first-order valence-electron chi connectivity index (χ1n) is 10.3. The molecule has 0 radical (unpaired) electrons. The lowest BCUT2D eigenvalue weighted by molar-refractivity contribution is -0.137. The van der Waals surface area contributed by atoms with E-state index in [9.17, 15) is 18.0 Å². The smallest absolute Gasteiger partial charge is 0.369 e. The van der Waals surface area contributed by atoms with E-state index >= 15 is 0 Å². The topological polar surface area (TPSA) is 67.2 Å². The predicted octanol–water partition coefficient (Wildman–Crippen LogP) is 3.38. The molecule has 1 saturated heterocycles. The van der Waals surface area contributed by atoms with Crippen LogP contribution < -0.4 is 4.90 Å². The van der Waals surface area contributed by atoms with Crippen LogP contribution in [0.2, 0.25) is 0 Å². The maximum atomic E-state index is 13.0. The van der Waals surface area contributed by atoms with Crippen molar-refractivity contribution >= 4 is 11.5 Å². The monoisotopic (exact) mass is 444 g/mol. The Hall–Kier alpha value is -3.27. The van der Waals surface area contributed by atoms with Gasteiger partial charge in [0.25, 0.3) is 5.95 Å². The highest BCUT2D eigenvalue weighted by atomic mass is 19.4. The summed E-state index contributed by atoms with van der Waals surface area (Å²) >= 11 is 0. The van der Waals surface area contributed by atoms with Gasteiger partial charge in [0.15, 0.2) is 5.78 Å². The van der Waals surface area contributed by atoms with Crippen LogP contribution in [0, 0.1) is 6.92 Å². The van der Waals surface area contributed by atoms with Crippen LogP contribution in [0.5, 0.6) is 0 Å². The zero-order chi connectivity index (χ0) is 22.7. The minimum Gasteiger partial charge on any atom is -0.369 e. The Labute approximate surface area is 183 Å². The molecule has 0 N–H and O–H groups in total. The maximum absolute atomic E-state index is 13.0. The molecule has 3 heterocycles. The fourth-order valence-electron chi connectivity index (χ4n) is 3.79. The van der Waals surface area contributed by atoms with E-state index in [0.29, 0.717) is 62.0 Å². The van der Waals surface area contributed by atoms with Crippen molar-refractivity contribution in [3.05, 3.63) is 65.7 Å². The Morgan fingerprint density at radius 3 is 2.47 bits per heavy atom. The molecule has 1 aromatic carbocycles. The minimum atomic E-state index is -4.35. The third kappa shape index (κ3) is 4.80. The van der Waals surface area contributed by atoms with Gasteiger partial charge < -0.3 is 4.90 Å². The van der Waals surface area contributed by atoms with Gasteiger partial charge in [0, 0.05) is 57.2 Å². The Morgan fingerprint density at radius 2 is 1.78 bits per heavy atom. The van der Waals surface area contributed by atoms with Gasteiger partial charge in [-0.2, -0.15) is 18.3 Å². The predicted molar refractivity (Wildman–Crippen MR) is 113 cm³/mol. The van der Waals surface area contributed by atoms with E-state index in [1.165, 1.54) is 12.1 Å². The normalized spacial score (nSPS) is 15.2. The summed E-state index contributed by atoms with van der Waals surface area (Å²) < 4.78 is 40.4. The standard InChI is InChI=1S/C22H23F3N6O/c1-16-19(15-28-31(16)21-26-7-3-8-27-21)20(32)6-9-29-10-12-30(13-11-29)18-5-2-4-17(14-18)22(23,24)25/h2-5,7-8,14-15H,6,9-13H2,1H3. The van der Waals surface area contributed by atoms with Crippen molar-refractivity contribution in [1.82, 2.24) is 24.6 Å². The average molecular weight is 444 g/mol. The van der Waals surface area contributed by atoms with Crippen LogP contribution in [-0.4, -0.2) is 63.2 Å². The third-order valence-corrected chi connectivity index (χ3v) is 5.62. The molecule has 0 aliphatic carbocycles. The van der Waals surface area contributed by atoms with Crippen molar-refractivity contribution in [2.75, 3.05) is 37.6 Å². The van der Waals surface area contributed by atoms with Gasteiger partial charge >= 0.3 is 6.18 Å². The number of hydrogen-bond acceptors (Lipinski definition) is 6. The molecule has 32 heavy (non-hydrogen) atoms. The van der Waals surface area contributed by atoms with E-state index < -0.39 is 11.7 Å². The van der Waals surface area contributed by atoms with Gasteiger partial charge in [0.2, 0.25) is 0 Å². The van der Waals surface area contributed by atoms with Crippen molar-refractivity contribution in [3.8, 4) is 5.95 Å². The van der Waals surface area contributed by atoms with E-state index in [4.69, 9.17) is 0 Å². The summed E-state index contributed by atoms with van der Waals surface area (Å²) in [5.41, 5.74) is 1.16. The number of ketones is 1. The second kappa shape index (κ2) is 9.07. The number of carbonyl (C=O) groups excluding carboxylic acids is 1. The van der Waals surface area contributed by atoms with Crippen LogP contribution in [-0.2, 0) is 6.18 Å². The lowest BCUT2D eigenvalue weighted by Crippen LogP contribution is -2.47. The molecule has 10 heteroatoms. The number of Topliss-reactive ketones (excluding diaryl/α,β-unsaturated/α-hetero) is 1. The fraction of sp³-hybridized carbons (Fsp3) is 0.364. The Morgan fingerprint density at radius 1 is 1.06 bits per heavy atom. The van der Waals surface area contributed by atoms with Gasteiger partial charge in [0.1, 0.15) is 0 Å². The first-order chi connectivity index (χ1) is 15.3. The summed E-state index contributed by atoms with van der Waals surface area (Å²) in [6.07, 6.45) is 0.760. The molecular formula is C22H23F3N6O. The average Bonchev–Trinajstić information content (AvgIpc) is 3.19. The Kier molecular flexibility index (Phi) is 6.22. The number of carbonyl (C=O) groups is 1. The lowest BCUT2D eigenvalue weighted by atomic mass is 10.1. The molecule has 0 saturated carbocycles. The highest BCUT2D eigenvalue weighted by Crippen LogP contribution is 2.31. The molecule has 1 aliphatic rings. The molecule has 3 aromatic rings. The van der Waals surface area contributed by atoms with Crippen LogP contribution in [0.15, 0.2) is 48.9 Å². The zero-order valence-corrected chi connectivity index (χ0v) is 17.6. The van der Waals surface area contributed by atoms with Crippen LogP contribution in [0.25, 0.3) is 5.95 Å². The molecule has 0 atom stereocenters. The SMILES string of the molecule is Cc1c(C(=O)CCN2CCN(c3cccc(C(F)(F)F)c3)CC2)cnn1-c1ncccn1. The number of nitrogens with zero attached hydrogens (tertiary/aromatic N) is 6. The van der Waals surface area contributed by atoms with E-state index in [0.717, 1.165) is 6.07 Å². The molecule has 1 aliphatic heterocycles. The van der Waals surface area contributed by atoms with Crippen molar-refractivity contribution < 1.29 is 18.0 Å². The summed E-state index contributed by atoms with van der Waals surface area (Å²) in [6.45, 7) is 4.97. The highest BCUT2D eigenvalue weighted by molar-refractivity contribution is 5.97. The van der Waals surface area contributed by atoms with Gasteiger partial charge in [-0.05, 0) is 31.2 Å². The number of hydrogen-bond donors (Lipinski definition) is 0. The number of rotatable bonds is 6. The van der Waals surface area contributed by atoms with E-state index in [2.05, 4.69) is 20.0 Å². The highest BCUT2D eigenvalue weighted by Gasteiger charge is 2.31. The summed E-state index contributed by atoms with van der Waals surface area (Å²) in [5.74, 6) is 0.403. The quantitative estimate of drug-likeness (QED) is 0.543. The number of anilines is 1. The summed E-state index contributed by atoms with van der Waals surface area (Å²) in [5, 5.41) is 4.24. The number of benzene rings is 1. The Balaban J connectivity index is 1.31. The van der Waals surface area contributed by atoms with Crippen LogP contribution in [0.3, 0.4) is 0 Å². The number of piperazine rings is 1. The molecule has 168 valence electrons. The first kappa shape index (κ1) is 21.9. The zero-order valence-electron chi connectivity index (χ0n) is 17.6. The summed E-state index contributed by atoms with van der Waals surface area (Å²) in [6, 6.07) is 7.12. The number of halogens is 3. The van der Waals surface area contributed by atoms with Crippen LogP contribution in [0.4, 0.5) is 18.9 Å². The first-order valence-corrected chi connectivity index (χ1v) is 10.3. The van der Waals surface area contributed by atoms with Crippen molar-refractivity contribution in [2.45, 2.75) is 19.5 Å². The van der Waals surface area contributed by atoms with E-state index in [1.807, 2.05) is 11.8 Å². The van der Waals surface area contributed by atoms with Crippen molar-refractivity contribution in [1.29, 1.82) is 0 Å².